The number of hydrogen-bond acceptors (Lipinski definition) is 17. The van der Waals surface area contributed by atoms with Crippen LogP contribution in [0.2, 0.25) is 0 Å². The fraction of sp³-hybridized carbons (Fsp3) is 0.161. The molecule has 24 heteroatoms. The molecule has 55 heavy (non-hydrogen) atoms. The molecule has 1 aromatic heterocycles. The Morgan fingerprint density at radius 1 is 0.782 bits per heavy atom. The highest BCUT2D eigenvalue weighted by Gasteiger charge is 2.20. The zero-order valence-corrected chi connectivity index (χ0v) is 31.6. The molecule has 0 aliphatic rings. The number of benzene rings is 3. The molecule has 290 valence electrons. The molecule has 1 heterocycles. The minimum Gasteiger partial charge on any atom is -0.368 e. The zero-order valence-electron chi connectivity index (χ0n) is 28.3. The van der Waals surface area contributed by atoms with Crippen molar-refractivity contribution < 1.29 is 51.5 Å². The van der Waals surface area contributed by atoms with Gasteiger partial charge in [0, 0.05) is 24.1 Å². The van der Waals surface area contributed by atoms with Crippen LogP contribution < -0.4 is 10.6 Å². The maximum absolute atomic E-state index is 12.4. The van der Waals surface area contributed by atoms with E-state index in [2.05, 4.69) is 46.8 Å². The minimum absolute atomic E-state index is 0.0168. The zero-order chi connectivity index (χ0) is 40.6. The largest absolute Gasteiger partial charge is 0.397 e. The van der Waals surface area contributed by atoms with E-state index >= 15 is 0 Å². The molecule has 0 spiro atoms. The normalized spacial score (nSPS) is 12.5. The van der Waals surface area contributed by atoms with Gasteiger partial charge in [0.25, 0.3) is 20.2 Å². The molecule has 20 nitrogen and oxygen atoms in total. The van der Waals surface area contributed by atoms with Gasteiger partial charge in [-0.05, 0) is 73.5 Å². The summed E-state index contributed by atoms with van der Waals surface area (Å²) in [6, 6.07) is 16.0. The van der Waals surface area contributed by atoms with E-state index in [-0.39, 0.29) is 68.4 Å². The summed E-state index contributed by atoms with van der Waals surface area (Å²) in [5.41, 5.74) is 0.503. The summed E-state index contributed by atoms with van der Waals surface area (Å²) in [5, 5.41) is 32.5. The fourth-order valence-electron chi connectivity index (χ4n) is 4.55. The molecular formula is C31H30N8O12S4. The molecule has 5 N–H and O–H groups in total. The monoisotopic (exact) mass is 834 g/mol. The Morgan fingerprint density at radius 2 is 1.38 bits per heavy atom. The van der Waals surface area contributed by atoms with E-state index in [1.54, 1.807) is 12.1 Å². The van der Waals surface area contributed by atoms with Crippen molar-refractivity contribution >= 4 is 74.9 Å². The van der Waals surface area contributed by atoms with Crippen LogP contribution in [0, 0.1) is 18.3 Å². The lowest BCUT2D eigenvalue weighted by Crippen LogP contribution is -2.16. The fourth-order valence-corrected chi connectivity index (χ4v) is 6.67. The van der Waals surface area contributed by atoms with Gasteiger partial charge >= 0.3 is 10.4 Å². The Bertz CT molecular complexity index is 2650. The van der Waals surface area contributed by atoms with Gasteiger partial charge < -0.3 is 10.6 Å². The molecule has 0 unspecified atom stereocenters. The SMILES string of the molecule is C=CS(=O)(=O)c1ccc(CCNc2nc(NCCOS(=O)(=O)O)c(C#N)c(C)c2N=Nc2ccc(N=Nc3ccc(S(=O)(=O)O)cc3)cc2S(=O)(=O)O)cc1. The first-order chi connectivity index (χ1) is 25.7. The lowest BCUT2D eigenvalue weighted by atomic mass is 10.1. The van der Waals surface area contributed by atoms with Gasteiger partial charge in [0.1, 0.15) is 28.2 Å². The number of anilines is 2. The highest BCUT2D eigenvalue weighted by Crippen LogP contribution is 2.37. The molecular weight excluding hydrogens is 805 g/mol. The van der Waals surface area contributed by atoms with Crippen LogP contribution in [0.5, 0.6) is 0 Å². The molecule has 0 amide bonds. The van der Waals surface area contributed by atoms with Crippen LogP contribution >= 0.6 is 0 Å². The van der Waals surface area contributed by atoms with Gasteiger partial charge in [-0.2, -0.15) is 40.7 Å². The summed E-state index contributed by atoms with van der Waals surface area (Å²) in [6.45, 7) is 4.19. The standard InChI is InChI=1S/C31H30N8O12S4/c1-3-52(40,41)24-9-4-21(5-10-24)14-15-33-31-29(20(2)26(19-32)30(35-31)34-16-17-51-55(48,49)50)39-38-27-13-8-23(18-28(27)54(45,46)47)37-36-22-6-11-25(12-7-22)53(42,43)44/h3-13,18H,1,14-17H2,2H3,(H2,33,34,35)(H,42,43,44)(H,45,46,47)(H,48,49,50). The number of nitrogens with one attached hydrogen (secondary N) is 2. The van der Waals surface area contributed by atoms with Gasteiger partial charge in [0.2, 0.25) is 0 Å². The van der Waals surface area contributed by atoms with Crippen LogP contribution in [0.1, 0.15) is 16.7 Å². The average Bonchev–Trinajstić information content (AvgIpc) is 3.11. The van der Waals surface area contributed by atoms with Crippen molar-refractivity contribution in [2.45, 2.75) is 28.0 Å². The number of nitrogens with zero attached hydrogens (tertiary/aromatic N) is 6. The number of azo groups is 2. The van der Waals surface area contributed by atoms with Gasteiger partial charge in [0.05, 0.1) is 33.3 Å². The molecule has 0 aliphatic heterocycles. The molecule has 0 saturated carbocycles. The summed E-state index contributed by atoms with van der Waals surface area (Å²) in [7, 11) is -17.8. The molecule has 0 radical (unpaired) electrons. The van der Waals surface area contributed by atoms with Crippen LogP contribution in [0.4, 0.5) is 34.4 Å². The third kappa shape index (κ3) is 11.7. The summed E-state index contributed by atoms with van der Waals surface area (Å²) in [4.78, 5) is 3.34. The third-order valence-electron chi connectivity index (χ3n) is 7.23. The number of pyridine rings is 1. The van der Waals surface area contributed by atoms with Crippen LogP contribution in [-0.2, 0) is 51.1 Å². The van der Waals surface area contributed by atoms with Crippen molar-refractivity contribution in [3.63, 3.8) is 0 Å². The minimum atomic E-state index is -4.95. The van der Waals surface area contributed by atoms with Crippen molar-refractivity contribution in [1.29, 1.82) is 5.26 Å². The molecule has 0 fully saturated rings. The van der Waals surface area contributed by atoms with Crippen LogP contribution in [0.25, 0.3) is 0 Å². The number of sulfone groups is 1. The number of nitriles is 1. The first-order valence-corrected chi connectivity index (χ1v) is 21.0. The molecule has 3 aromatic carbocycles. The van der Waals surface area contributed by atoms with Crippen molar-refractivity contribution in [3.8, 4) is 6.07 Å². The Labute approximate surface area is 315 Å². The molecule has 0 aliphatic carbocycles. The molecule has 4 rings (SSSR count). The average molecular weight is 835 g/mol. The van der Waals surface area contributed by atoms with Gasteiger partial charge in [0.15, 0.2) is 15.7 Å². The number of hydrogen-bond donors (Lipinski definition) is 5. The Kier molecular flexibility index (Phi) is 13.3. The van der Waals surface area contributed by atoms with E-state index in [9.17, 15) is 43.5 Å². The van der Waals surface area contributed by atoms with E-state index in [4.69, 9.17) is 9.11 Å². The lowest BCUT2D eigenvalue weighted by molar-refractivity contribution is 0.278. The topological polar surface area (TPSA) is 317 Å². The van der Waals surface area contributed by atoms with E-state index in [0.717, 1.165) is 35.2 Å². The second kappa shape index (κ2) is 17.3. The summed E-state index contributed by atoms with van der Waals surface area (Å²) >= 11 is 0. The summed E-state index contributed by atoms with van der Waals surface area (Å²) < 4.78 is 126. The second-order valence-electron chi connectivity index (χ2n) is 11.0. The first-order valence-electron chi connectivity index (χ1n) is 15.2. The molecule has 0 bridgehead atoms. The van der Waals surface area contributed by atoms with Crippen molar-refractivity contribution in [1.82, 2.24) is 4.98 Å². The van der Waals surface area contributed by atoms with Gasteiger partial charge in [-0.1, -0.05) is 18.7 Å². The molecule has 0 atom stereocenters. The van der Waals surface area contributed by atoms with E-state index in [1.807, 2.05) is 6.07 Å². The Hall–Kier alpha value is -5.52. The van der Waals surface area contributed by atoms with Crippen LogP contribution in [0.15, 0.2) is 114 Å². The lowest BCUT2D eigenvalue weighted by Gasteiger charge is -2.16. The highest BCUT2D eigenvalue weighted by atomic mass is 32.3. The summed E-state index contributed by atoms with van der Waals surface area (Å²) in [6.07, 6.45) is 0.324. The second-order valence-corrected chi connectivity index (χ2v) is 16.8. The Morgan fingerprint density at radius 3 is 1.96 bits per heavy atom. The quantitative estimate of drug-likeness (QED) is 0.0506. The van der Waals surface area contributed by atoms with E-state index < -0.39 is 52.0 Å². The number of aromatic nitrogens is 1. The molecule has 4 aromatic rings. The Balaban J connectivity index is 1.68. The van der Waals surface area contributed by atoms with Crippen molar-refractivity contribution in [2.75, 3.05) is 30.3 Å². The number of rotatable bonds is 17. The maximum atomic E-state index is 12.4. The van der Waals surface area contributed by atoms with Gasteiger partial charge in [-0.25, -0.2) is 17.6 Å². The van der Waals surface area contributed by atoms with E-state index in [0.29, 0.717) is 6.42 Å². The van der Waals surface area contributed by atoms with Crippen LogP contribution in [0.3, 0.4) is 0 Å². The molecule has 0 saturated heterocycles. The van der Waals surface area contributed by atoms with Gasteiger partial charge in [-0.15, -0.1) is 10.2 Å². The summed E-state index contributed by atoms with van der Waals surface area (Å²) in [5.74, 6) is -0.0246. The predicted octanol–water partition coefficient (Wildman–Crippen LogP) is 5.39. The third-order valence-corrected chi connectivity index (χ3v) is 10.8. The highest BCUT2D eigenvalue weighted by molar-refractivity contribution is 7.94. The van der Waals surface area contributed by atoms with Gasteiger partial charge in [-0.3, -0.25) is 13.7 Å². The van der Waals surface area contributed by atoms with E-state index in [1.165, 1.54) is 37.3 Å². The van der Waals surface area contributed by atoms with Crippen molar-refractivity contribution in [2.24, 2.45) is 20.5 Å². The smallest absolute Gasteiger partial charge is 0.368 e. The predicted molar refractivity (Wildman–Crippen MR) is 197 cm³/mol. The van der Waals surface area contributed by atoms with Crippen molar-refractivity contribution in [3.05, 3.63) is 95.4 Å². The first kappa shape index (κ1) is 42.2. The van der Waals surface area contributed by atoms with Crippen LogP contribution in [-0.4, -0.2) is 72.0 Å². The maximum Gasteiger partial charge on any atom is 0.397 e.